The number of pyridine rings is 1. The number of carbonyl (C=O) groups is 1. The molecule has 0 aliphatic rings. The molecular weight excluding hydrogens is 274 g/mol. The van der Waals surface area contributed by atoms with Gasteiger partial charge in [0.15, 0.2) is 0 Å². The Balaban J connectivity index is 2.26. The topological polar surface area (TPSA) is 67.3 Å². The molecule has 1 aromatic carbocycles. The maximum absolute atomic E-state index is 12.3. The van der Waals surface area contributed by atoms with E-state index in [9.17, 15) is 9.00 Å². The van der Waals surface area contributed by atoms with Crippen molar-refractivity contribution in [3.05, 3.63) is 58.9 Å². The summed E-state index contributed by atoms with van der Waals surface area (Å²) >= 11 is 0. The number of benzene rings is 1. The molecule has 0 saturated carbocycles. The van der Waals surface area contributed by atoms with Crippen LogP contribution in [0.3, 0.4) is 0 Å². The number of nitrogens with zero attached hydrogens (tertiary/aromatic N) is 1. The third-order valence-corrected chi connectivity index (χ3v) is 4.26. The van der Waals surface area contributed by atoms with Crippen molar-refractivity contribution in [2.45, 2.75) is 24.5 Å². The molecule has 0 aliphatic carbocycles. The van der Waals surface area contributed by atoms with Crippen LogP contribution in [0.4, 0.5) is 0 Å². The molecule has 0 spiro atoms. The number of rotatable bonds is 4. The Hall–Kier alpha value is -2.01. The van der Waals surface area contributed by atoms with Crippen molar-refractivity contribution < 1.29 is 14.1 Å². The zero-order valence-electron chi connectivity index (χ0n) is 11.3. The minimum atomic E-state index is -1.30. The maximum atomic E-state index is 12.3. The molecule has 0 fully saturated rings. The Bertz CT molecular complexity index is 683. The first kappa shape index (κ1) is 14.4. The quantitative estimate of drug-likeness (QED) is 0.939. The van der Waals surface area contributed by atoms with E-state index in [0.29, 0.717) is 10.5 Å². The zero-order valence-corrected chi connectivity index (χ0v) is 12.1. The second kappa shape index (κ2) is 5.96. The van der Waals surface area contributed by atoms with Gasteiger partial charge in [-0.15, -0.1) is 0 Å². The van der Waals surface area contributed by atoms with E-state index in [1.165, 1.54) is 6.07 Å². The van der Waals surface area contributed by atoms with E-state index in [2.05, 4.69) is 4.98 Å². The highest BCUT2D eigenvalue weighted by molar-refractivity contribution is 7.84. The number of carboxylic acids is 1. The molecule has 0 saturated heterocycles. The molecule has 1 N–H and O–H groups in total. The van der Waals surface area contributed by atoms with Gasteiger partial charge in [-0.05, 0) is 43.7 Å². The van der Waals surface area contributed by atoms with Crippen LogP contribution >= 0.6 is 0 Å². The third kappa shape index (κ3) is 3.30. The predicted molar refractivity (Wildman–Crippen MR) is 77.2 cm³/mol. The smallest absolute Gasteiger partial charge is 0.335 e. The summed E-state index contributed by atoms with van der Waals surface area (Å²) in [6, 6.07) is 10.4. The highest BCUT2D eigenvalue weighted by atomic mass is 32.2. The molecule has 20 heavy (non-hydrogen) atoms. The summed E-state index contributed by atoms with van der Waals surface area (Å²) in [6.07, 6.45) is 0. The van der Waals surface area contributed by atoms with Crippen LogP contribution in [0, 0.1) is 13.8 Å². The Kier molecular flexibility index (Phi) is 4.29. The number of hydrogen-bond donors (Lipinski definition) is 1. The second-order valence-electron chi connectivity index (χ2n) is 4.54. The molecule has 0 radical (unpaired) electrons. The first-order valence-corrected chi connectivity index (χ1v) is 7.44. The van der Waals surface area contributed by atoms with E-state index < -0.39 is 16.8 Å². The molecular formula is C15H15NO3S. The number of hydrogen-bond acceptors (Lipinski definition) is 3. The molecule has 0 aliphatic heterocycles. The van der Waals surface area contributed by atoms with E-state index in [1.807, 2.05) is 25.1 Å². The number of aromatic nitrogens is 1. The minimum absolute atomic E-state index is 0.188. The summed E-state index contributed by atoms with van der Waals surface area (Å²) in [7, 11) is -1.30. The van der Waals surface area contributed by atoms with Crippen LogP contribution in [0.25, 0.3) is 0 Å². The van der Waals surface area contributed by atoms with Crippen molar-refractivity contribution in [3.8, 4) is 0 Å². The fourth-order valence-corrected chi connectivity index (χ4v) is 2.94. The zero-order chi connectivity index (χ0) is 14.7. The normalized spacial score (nSPS) is 12.1. The second-order valence-corrected chi connectivity index (χ2v) is 5.99. The summed E-state index contributed by atoms with van der Waals surface area (Å²) in [6.45, 7) is 3.60. The largest absolute Gasteiger partial charge is 0.478 e. The third-order valence-electron chi connectivity index (χ3n) is 2.93. The Morgan fingerprint density at radius 3 is 2.65 bits per heavy atom. The molecule has 1 aromatic heterocycles. The minimum Gasteiger partial charge on any atom is -0.478 e. The lowest BCUT2D eigenvalue weighted by Crippen LogP contribution is -2.04. The van der Waals surface area contributed by atoms with Crippen molar-refractivity contribution in [1.29, 1.82) is 0 Å². The first-order chi connectivity index (χ1) is 9.47. The van der Waals surface area contributed by atoms with Gasteiger partial charge in [0, 0.05) is 10.6 Å². The molecule has 2 rings (SSSR count). The highest BCUT2D eigenvalue weighted by Crippen LogP contribution is 2.17. The average Bonchev–Trinajstić information content (AvgIpc) is 2.38. The van der Waals surface area contributed by atoms with Crippen molar-refractivity contribution in [2.75, 3.05) is 0 Å². The lowest BCUT2D eigenvalue weighted by atomic mass is 10.1. The molecule has 104 valence electrons. The Morgan fingerprint density at radius 2 is 2.00 bits per heavy atom. The monoisotopic (exact) mass is 289 g/mol. The van der Waals surface area contributed by atoms with Gasteiger partial charge in [-0.1, -0.05) is 12.1 Å². The van der Waals surface area contributed by atoms with Gasteiger partial charge in [-0.25, -0.2) is 4.79 Å². The van der Waals surface area contributed by atoms with Crippen LogP contribution in [-0.4, -0.2) is 20.3 Å². The van der Waals surface area contributed by atoms with Crippen LogP contribution in [0.5, 0.6) is 0 Å². The van der Waals surface area contributed by atoms with Crippen molar-refractivity contribution in [1.82, 2.24) is 4.98 Å². The maximum Gasteiger partial charge on any atom is 0.335 e. The Morgan fingerprint density at radius 1 is 1.25 bits per heavy atom. The molecule has 2 aromatic rings. The summed E-state index contributed by atoms with van der Waals surface area (Å²) in [5, 5.41) is 9.09. The summed E-state index contributed by atoms with van der Waals surface area (Å²) in [5.74, 6) is -0.723. The van der Waals surface area contributed by atoms with Gasteiger partial charge in [0.1, 0.15) is 0 Å². The lowest BCUT2D eigenvalue weighted by Gasteiger charge is -2.06. The standard InChI is InChI=1S/C15H15NO3S/c1-10-6-7-13(8-14(10)15(17)18)20(19)9-12-5-3-4-11(2)16-12/h3-8H,9H2,1-2H3,(H,17,18). The molecule has 0 amide bonds. The van der Waals surface area contributed by atoms with Crippen molar-refractivity contribution >= 4 is 16.8 Å². The van der Waals surface area contributed by atoms with Crippen LogP contribution in [0.15, 0.2) is 41.3 Å². The van der Waals surface area contributed by atoms with Crippen LogP contribution in [0.1, 0.15) is 27.3 Å². The Labute approximate surface area is 119 Å². The van der Waals surface area contributed by atoms with Gasteiger partial charge in [0.2, 0.25) is 0 Å². The van der Waals surface area contributed by atoms with E-state index in [-0.39, 0.29) is 11.3 Å². The molecule has 4 nitrogen and oxygen atoms in total. The van der Waals surface area contributed by atoms with Gasteiger partial charge in [0.05, 0.1) is 27.8 Å². The molecule has 1 unspecified atom stereocenters. The van der Waals surface area contributed by atoms with Gasteiger partial charge in [-0.2, -0.15) is 0 Å². The lowest BCUT2D eigenvalue weighted by molar-refractivity contribution is 0.0696. The van der Waals surface area contributed by atoms with Gasteiger partial charge < -0.3 is 5.11 Å². The fourth-order valence-electron chi connectivity index (χ4n) is 1.87. The van der Waals surface area contributed by atoms with Crippen LogP contribution in [0.2, 0.25) is 0 Å². The summed E-state index contributed by atoms with van der Waals surface area (Å²) in [4.78, 5) is 15.9. The number of aromatic carboxylic acids is 1. The van der Waals surface area contributed by atoms with Crippen LogP contribution in [-0.2, 0) is 16.6 Å². The molecule has 5 heteroatoms. The molecule has 1 atom stereocenters. The van der Waals surface area contributed by atoms with Crippen molar-refractivity contribution in [2.24, 2.45) is 0 Å². The molecule has 0 bridgehead atoms. The van der Waals surface area contributed by atoms with E-state index in [1.54, 1.807) is 19.1 Å². The summed E-state index contributed by atoms with van der Waals surface area (Å²) < 4.78 is 12.3. The molecule has 1 heterocycles. The van der Waals surface area contributed by atoms with E-state index in [4.69, 9.17) is 5.11 Å². The summed E-state index contributed by atoms with van der Waals surface area (Å²) in [5.41, 5.74) is 2.45. The average molecular weight is 289 g/mol. The van der Waals surface area contributed by atoms with E-state index in [0.717, 1.165) is 11.4 Å². The number of aryl methyl sites for hydroxylation is 2. The van der Waals surface area contributed by atoms with Gasteiger partial charge in [0.25, 0.3) is 0 Å². The van der Waals surface area contributed by atoms with Gasteiger partial charge in [-0.3, -0.25) is 9.19 Å². The van der Waals surface area contributed by atoms with Gasteiger partial charge >= 0.3 is 5.97 Å². The number of carboxylic acid groups (broad SMARTS) is 1. The first-order valence-electron chi connectivity index (χ1n) is 6.12. The van der Waals surface area contributed by atoms with Crippen LogP contribution < -0.4 is 0 Å². The predicted octanol–water partition coefficient (Wildman–Crippen LogP) is 2.70. The van der Waals surface area contributed by atoms with Crippen molar-refractivity contribution in [3.63, 3.8) is 0 Å². The SMILES string of the molecule is Cc1cccc(CS(=O)c2ccc(C)c(C(=O)O)c2)n1. The fraction of sp³-hybridized carbons (Fsp3) is 0.200. The highest BCUT2D eigenvalue weighted by Gasteiger charge is 2.12. The van der Waals surface area contributed by atoms with E-state index >= 15 is 0 Å².